The molecule has 0 unspecified atom stereocenters. The summed E-state index contributed by atoms with van der Waals surface area (Å²) in [5.41, 5.74) is 7.80. The van der Waals surface area contributed by atoms with Gasteiger partial charge in [0.1, 0.15) is 0 Å². The van der Waals surface area contributed by atoms with Gasteiger partial charge < -0.3 is 0 Å². The molecule has 50 heavy (non-hydrogen) atoms. The fourth-order valence-corrected chi connectivity index (χ4v) is 7.52. The zero-order chi connectivity index (χ0) is 33.0. The van der Waals surface area contributed by atoms with E-state index >= 15 is 0 Å². The molecule has 2 heterocycles. The summed E-state index contributed by atoms with van der Waals surface area (Å²) in [5, 5.41) is 10.8. The molecule has 0 radical (unpaired) electrons. The third-order valence-corrected chi connectivity index (χ3v) is 9.82. The Morgan fingerprint density at radius 1 is 0.300 bits per heavy atom. The van der Waals surface area contributed by atoms with Crippen LogP contribution in [0.3, 0.4) is 0 Å². The SMILES string of the molecule is c1ccc(-c2cc(-c3ccccc3)nc(-c3cccc(-c4nc5c6ccccc6ccc5c5c6ccccc6c6ccccc6c45)c3)n2)cc1. The Labute approximate surface area is 289 Å². The van der Waals surface area contributed by atoms with Gasteiger partial charge in [-0.3, -0.25) is 0 Å². The predicted molar refractivity (Wildman–Crippen MR) is 209 cm³/mol. The van der Waals surface area contributed by atoms with Crippen LogP contribution >= 0.6 is 0 Å². The highest BCUT2D eigenvalue weighted by Crippen LogP contribution is 2.44. The lowest BCUT2D eigenvalue weighted by Crippen LogP contribution is -1.97. The molecule has 0 aliphatic rings. The molecule has 232 valence electrons. The third-order valence-electron chi connectivity index (χ3n) is 9.82. The van der Waals surface area contributed by atoms with Crippen LogP contribution < -0.4 is 0 Å². The first-order valence-corrected chi connectivity index (χ1v) is 17.0. The minimum absolute atomic E-state index is 0.679. The highest BCUT2D eigenvalue weighted by molar-refractivity contribution is 6.35. The molecule has 0 N–H and O–H groups in total. The Bertz CT molecular complexity index is 2860. The van der Waals surface area contributed by atoms with Gasteiger partial charge in [-0.2, -0.15) is 0 Å². The molecule has 0 saturated heterocycles. The number of nitrogens with zero attached hydrogens (tertiary/aromatic N) is 3. The second-order valence-electron chi connectivity index (χ2n) is 12.8. The van der Waals surface area contributed by atoms with Gasteiger partial charge in [0.25, 0.3) is 0 Å². The zero-order valence-electron chi connectivity index (χ0n) is 27.1. The number of rotatable bonds is 4. The maximum Gasteiger partial charge on any atom is 0.160 e. The number of hydrogen-bond acceptors (Lipinski definition) is 3. The van der Waals surface area contributed by atoms with E-state index < -0.39 is 0 Å². The number of fused-ring (bicyclic) bond motifs is 10. The summed E-state index contributed by atoms with van der Waals surface area (Å²) in [7, 11) is 0. The van der Waals surface area contributed by atoms with E-state index in [0.717, 1.165) is 61.0 Å². The molecule has 3 heteroatoms. The maximum absolute atomic E-state index is 5.58. The van der Waals surface area contributed by atoms with Gasteiger partial charge in [-0.25, -0.2) is 15.0 Å². The number of pyridine rings is 1. The molecule has 0 bridgehead atoms. The molecule has 3 nitrogen and oxygen atoms in total. The third kappa shape index (κ3) is 4.56. The summed E-state index contributed by atoms with van der Waals surface area (Å²) in [6.45, 7) is 0. The van der Waals surface area contributed by atoms with Crippen LogP contribution in [0.2, 0.25) is 0 Å². The van der Waals surface area contributed by atoms with Crippen LogP contribution in [0.1, 0.15) is 0 Å². The predicted octanol–water partition coefficient (Wildman–Crippen LogP) is 12.3. The molecule has 0 amide bonds. The minimum Gasteiger partial charge on any atom is -0.246 e. The lowest BCUT2D eigenvalue weighted by Gasteiger charge is -2.17. The van der Waals surface area contributed by atoms with Gasteiger partial charge in [0.2, 0.25) is 0 Å². The van der Waals surface area contributed by atoms with Gasteiger partial charge in [-0.05, 0) is 39.1 Å². The zero-order valence-corrected chi connectivity index (χ0v) is 27.1. The van der Waals surface area contributed by atoms with E-state index in [4.69, 9.17) is 15.0 Å². The van der Waals surface area contributed by atoms with Crippen LogP contribution in [0, 0.1) is 0 Å². The largest absolute Gasteiger partial charge is 0.246 e. The summed E-state index contributed by atoms with van der Waals surface area (Å²) in [5.74, 6) is 0.679. The molecule has 0 aliphatic heterocycles. The van der Waals surface area contributed by atoms with Crippen molar-refractivity contribution in [1.29, 1.82) is 0 Å². The highest BCUT2D eigenvalue weighted by atomic mass is 14.9. The van der Waals surface area contributed by atoms with Crippen molar-refractivity contribution < 1.29 is 0 Å². The van der Waals surface area contributed by atoms with Gasteiger partial charge in [0, 0.05) is 43.8 Å². The average molecular weight is 636 g/mol. The van der Waals surface area contributed by atoms with Crippen molar-refractivity contribution in [2.75, 3.05) is 0 Å². The Balaban J connectivity index is 1.29. The molecule has 0 spiro atoms. The first kappa shape index (κ1) is 28.3. The van der Waals surface area contributed by atoms with Crippen molar-refractivity contribution in [1.82, 2.24) is 15.0 Å². The van der Waals surface area contributed by atoms with Crippen molar-refractivity contribution in [2.45, 2.75) is 0 Å². The smallest absolute Gasteiger partial charge is 0.160 e. The van der Waals surface area contributed by atoms with Gasteiger partial charge in [-0.1, -0.05) is 164 Å². The summed E-state index contributed by atoms with van der Waals surface area (Å²) >= 11 is 0. The van der Waals surface area contributed by atoms with Crippen LogP contribution in [-0.2, 0) is 0 Å². The fraction of sp³-hybridized carbons (Fsp3) is 0. The van der Waals surface area contributed by atoms with Gasteiger partial charge >= 0.3 is 0 Å². The van der Waals surface area contributed by atoms with Crippen LogP contribution in [0.25, 0.3) is 99.2 Å². The first-order chi connectivity index (χ1) is 24.8. The van der Waals surface area contributed by atoms with Crippen LogP contribution in [0.15, 0.2) is 176 Å². The molecule has 0 saturated carbocycles. The number of aromatic nitrogens is 3. The Morgan fingerprint density at radius 2 is 0.820 bits per heavy atom. The average Bonchev–Trinajstić information content (AvgIpc) is 3.21. The van der Waals surface area contributed by atoms with Crippen LogP contribution in [-0.4, -0.2) is 15.0 Å². The second-order valence-corrected chi connectivity index (χ2v) is 12.8. The molecule has 10 aromatic rings. The quantitative estimate of drug-likeness (QED) is 0.181. The Hall–Kier alpha value is -6.71. The van der Waals surface area contributed by atoms with Crippen molar-refractivity contribution in [3.8, 4) is 45.2 Å². The Morgan fingerprint density at radius 3 is 1.48 bits per heavy atom. The van der Waals surface area contributed by atoms with Gasteiger partial charge in [-0.15, -0.1) is 0 Å². The van der Waals surface area contributed by atoms with E-state index in [0.29, 0.717) is 5.82 Å². The Kier molecular flexibility index (Phi) is 6.49. The topological polar surface area (TPSA) is 38.7 Å². The lowest BCUT2D eigenvalue weighted by molar-refractivity contribution is 1.18. The van der Waals surface area contributed by atoms with E-state index in [1.54, 1.807) is 0 Å². The van der Waals surface area contributed by atoms with Crippen molar-refractivity contribution in [3.63, 3.8) is 0 Å². The summed E-state index contributed by atoms with van der Waals surface area (Å²) in [6, 6.07) is 61.9. The van der Waals surface area contributed by atoms with Crippen molar-refractivity contribution in [3.05, 3.63) is 176 Å². The summed E-state index contributed by atoms with van der Waals surface area (Å²) in [6.07, 6.45) is 0. The van der Waals surface area contributed by atoms with E-state index in [-0.39, 0.29) is 0 Å². The van der Waals surface area contributed by atoms with E-state index in [9.17, 15) is 0 Å². The molecular weight excluding hydrogens is 607 g/mol. The lowest BCUT2D eigenvalue weighted by atomic mass is 9.89. The minimum atomic E-state index is 0.679. The normalized spacial score (nSPS) is 11.6. The number of hydrogen-bond donors (Lipinski definition) is 0. The first-order valence-electron chi connectivity index (χ1n) is 17.0. The second kappa shape index (κ2) is 11.5. The van der Waals surface area contributed by atoms with Crippen molar-refractivity contribution in [2.24, 2.45) is 0 Å². The van der Waals surface area contributed by atoms with E-state index in [2.05, 4.69) is 140 Å². The highest BCUT2D eigenvalue weighted by Gasteiger charge is 2.19. The van der Waals surface area contributed by atoms with Gasteiger partial charge in [0.15, 0.2) is 5.82 Å². The number of benzene rings is 8. The monoisotopic (exact) mass is 635 g/mol. The molecule has 0 aliphatic carbocycles. The maximum atomic E-state index is 5.58. The van der Waals surface area contributed by atoms with Gasteiger partial charge in [0.05, 0.1) is 22.6 Å². The summed E-state index contributed by atoms with van der Waals surface area (Å²) < 4.78 is 0. The molecule has 10 rings (SSSR count). The standard InChI is InChI=1S/C47H29N3/c1-3-15-31(16-4-1)41-29-42(32-17-5-2-6-18-32)49-47(48-41)34-20-13-19-33(28-34)45-44-39-25-12-10-23-37(39)36-22-9-11-24-38(36)43(44)40-27-26-30-14-7-8-21-35(30)46(40)50-45/h1-29H. The molecular formula is C47H29N3. The molecule has 0 fully saturated rings. The van der Waals surface area contributed by atoms with Crippen LogP contribution in [0.5, 0.6) is 0 Å². The van der Waals surface area contributed by atoms with Crippen LogP contribution in [0.4, 0.5) is 0 Å². The fourth-order valence-electron chi connectivity index (χ4n) is 7.52. The van der Waals surface area contributed by atoms with E-state index in [1.807, 2.05) is 36.4 Å². The molecule has 2 aromatic heterocycles. The summed E-state index contributed by atoms with van der Waals surface area (Å²) in [4.78, 5) is 15.9. The molecule has 8 aromatic carbocycles. The van der Waals surface area contributed by atoms with Crippen molar-refractivity contribution >= 4 is 54.0 Å². The van der Waals surface area contributed by atoms with E-state index in [1.165, 1.54) is 32.3 Å². The molecule has 0 atom stereocenters.